The van der Waals surface area contributed by atoms with Crippen molar-refractivity contribution in [1.29, 1.82) is 0 Å². The van der Waals surface area contributed by atoms with Crippen LogP contribution in [0.3, 0.4) is 0 Å². The molecule has 2 aliphatic rings. The first kappa shape index (κ1) is 17.3. The summed E-state index contributed by atoms with van der Waals surface area (Å²) in [6.07, 6.45) is 5.93. The number of β-amino-alcohol motifs (C(OH)–C–C–N with tert-alkyl or cyclic N) is 1. The first-order valence-electron chi connectivity index (χ1n) is 9.62. The van der Waals surface area contributed by atoms with Crippen LogP contribution in [0.4, 0.5) is 0 Å². The summed E-state index contributed by atoms with van der Waals surface area (Å²) in [7, 11) is 0. The monoisotopic (exact) mass is 357 g/mol. The van der Waals surface area contributed by atoms with Gasteiger partial charge in [0.2, 0.25) is 5.91 Å². The van der Waals surface area contributed by atoms with Crippen LogP contribution in [0.2, 0.25) is 0 Å². The normalized spacial score (nSPS) is 22.6. The van der Waals surface area contributed by atoms with Gasteiger partial charge in [-0.2, -0.15) is 10.2 Å². The Kier molecular flexibility index (Phi) is 4.80. The van der Waals surface area contributed by atoms with Crippen molar-refractivity contribution >= 4 is 5.91 Å². The Balaban J connectivity index is 1.32. The number of aromatic nitrogens is 4. The SMILES string of the molecule is Cc1cc(C[C@@H]2CN(C(=O)CCc3n[nH]c4c3CCCC4)C[C@@H]2O)n[nH]1. The largest absolute Gasteiger partial charge is 0.391 e. The molecule has 1 aliphatic heterocycles. The molecule has 0 radical (unpaired) electrons. The Morgan fingerprint density at radius 1 is 1.27 bits per heavy atom. The second kappa shape index (κ2) is 7.23. The maximum Gasteiger partial charge on any atom is 0.223 e. The van der Waals surface area contributed by atoms with Crippen LogP contribution in [-0.4, -0.2) is 55.5 Å². The second-order valence-corrected chi connectivity index (χ2v) is 7.71. The summed E-state index contributed by atoms with van der Waals surface area (Å²) < 4.78 is 0. The molecule has 3 heterocycles. The highest BCUT2D eigenvalue weighted by atomic mass is 16.3. The third kappa shape index (κ3) is 3.53. The van der Waals surface area contributed by atoms with Crippen molar-refractivity contribution in [2.75, 3.05) is 13.1 Å². The molecule has 3 N–H and O–H groups in total. The summed E-state index contributed by atoms with van der Waals surface area (Å²) in [4.78, 5) is 14.4. The number of amides is 1. The van der Waals surface area contributed by atoms with Crippen LogP contribution < -0.4 is 0 Å². The molecular formula is C19H27N5O2. The van der Waals surface area contributed by atoms with E-state index in [0.717, 1.165) is 29.9 Å². The lowest BCUT2D eigenvalue weighted by Gasteiger charge is -2.16. The fourth-order valence-corrected chi connectivity index (χ4v) is 4.25. The summed E-state index contributed by atoms with van der Waals surface area (Å²) in [5.74, 6) is 0.164. The van der Waals surface area contributed by atoms with Gasteiger partial charge in [0.25, 0.3) is 0 Å². The first-order valence-corrected chi connectivity index (χ1v) is 9.62. The number of H-pyrrole nitrogens is 2. The second-order valence-electron chi connectivity index (χ2n) is 7.71. The number of aliphatic hydroxyl groups excluding tert-OH is 1. The summed E-state index contributed by atoms with van der Waals surface area (Å²) in [5.41, 5.74) is 5.60. The number of aliphatic hydroxyl groups is 1. The average Bonchev–Trinajstić information content (AvgIpc) is 3.33. The molecule has 140 valence electrons. The van der Waals surface area contributed by atoms with E-state index in [9.17, 15) is 9.90 Å². The smallest absolute Gasteiger partial charge is 0.223 e. The molecule has 26 heavy (non-hydrogen) atoms. The highest BCUT2D eigenvalue weighted by Crippen LogP contribution is 2.25. The Morgan fingerprint density at radius 2 is 2.12 bits per heavy atom. The van der Waals surface area contributed by atoms with Gasteiger partial charge in [-0.1, -0.05) is 0 Å². The molecule has 0 bridgehead atoms. The number of nitrogens with one attached hydrogen (secondary N) is 2. The maximum absolute atomic E-state index is 12.6. The molecular weight excluding hydrogens is 330 g/mol. The van der Waals surface area contributed by atoms with Crippen LogP contribution >= 0.6 is 0 Å². The molecule has 1 aliphatic carbocycles. The molecule has 2 aromatic rings. The molecule has 0 spiro atoms. The molecule has 7 heteroatoms. The van der Waals surface area contributed by atoms with E-state index in [1.165, 1.54) is 24.1 Å². The summed E-state index contributed by atoms with van der Waals surface area (Å²) in [6, 6.07) is 2.00. The molecule has 0 saturated carbocycles. The number of hydrogen-bond acceptors (Lipinski definition) is 4. The van der Waals surface area contributed by atoms with Crippen molar-refractivity contribution in [3.8, 4) is 0 Å². The number of aromatic amines is 2. The molecule has 1 fully saturated rings. The van der Waals surface area contributed by atoms with Gasteiger partial charge in [0.1, 0.15) is 0 Å². The molecule has 1 amide bonds. The number of nitrogens with zero attached hydrogens (tertiary/aromatic N) is 3. The van der Waals surface area contributed by atoms with E-state index in [0.29, 0.717) is 32.4 Å². The highest BCUT2D eigenvalue weighted by molar-refractivity contribution is 5.76. The number of carbonyl (C=O) groups is 1. The maximum atomic E-state index is 12.6. The summed E-state index contributed by atoms with van der Waals surface area (Å²) >= 11 is 0. The number of aryl methyl sites for hydroxylation is 3. The molecule has 2 atom stereocenters. The van der Waals surface area contributed by atoms with E-state index in [1.54, 1.807) is 4.90 Å². The van der Waals surface area contributed by atoms with Crippen LogP contribution in [0.15, 0.2) is 6.07 Å². The highest BCUT2D eigenvalue weighted by Gasteiger charge is 2.34. The van der Waals surface area contributed by atoms with Gasteiger partial charge in [-0.25, -0.2) is 0 Å². The fraction of sp³-hybridized carbons (Fsp3) is 0.632. The lowest BCUT2D eigenvalue weighted by molar-refractivity contribution is -0.130. The van der Waals surface area contributed by atoms with Crippen molar-refractivity contribution in [2.24, 2.45) is 5.92 Å². The Hall–Kier alpha value is -2.15. The Bertz CT molecular complexity index is 781. The quantitative estimate of drug-likeness (QED) is 0.751. The minimum atomic E-state index is -0.478. The number of hydrogen-bond donors (Lipinski definition) is 3. The van der Waals surface area contributed by atoms with E-state index < -0.39 is 6.10 Å². The lowest BCUT2D eigenvalue weighted by Crippen LogP contribution is -2.29. The molecule has 0 aromatic carbocycles. The van der Waals surface area contributed by atoms with E-state index in [4.69, 9.17) is 0 Å². The zero-order chi connectivity index (χ0) is 18.1. The molecule has 0 unspecified atom stereocenters. The number of likely N-dealkylation sites (tertiary alicyclic amines) is 1. The van der Waals surface area contributed by atoms with E-state index in [-0.39, 0.29) is 11.8 Å². The van der Waals surface area contributed by atoms with Crippen molar-refractivity contribution in [1.82, 2.24) is 25.3 Å². The van der Waals surface area contributed by atoms with Gasteiger partial charge in [0.05, 0.1) is 17.5 Å². The molecule has 4 rings (SSSR count). The predicted molar refractivity (Wildman–Crippen MR) is 96.7 cm³/mol. The summed E-state index contributed by atoms with van der Waals surface area (Å²) in [5, 5.41) is 25.1. The third-order valence-electron chi connectivity index (χ3n) is 5.71. The average molecular weight is 357 g/mol. The van der Waals surface area contributed by atoms with Crippen molar-refractivity contribution in [3.05, 3.63) is 34.4 Å². The molecule has 7 nitrogen and oxygen atoms in total. The predicted octanol–water partition coefficient (Wildman–Crippen LogP) is 1.31. The van der Waals surface area contributed by atoms with Crippen molar-refractivity contribution < 1.29 is 9.90 Å². The van der Waals surface area contributed by atoms with Crippen molar-refractivity contribution in [2.45, 2.75) is 58.0 Å². The van der Waals surface area contributed by atoms with E-state index in [2.05, 4.69) is 20.4 Å². The van der Waals surface area contributed by atoms with Gasteiger partial charge in [-0.05, 0) is 50.7 Å². The van der Waals surface area contributed by atoms with Gasteiger partial charge >= 0.3 is 0 Å². The van der Waals surface area contributed by atoms with E-state index in [1.807, 2.05) is 13.0 Å². The van der Waals surface area contributed by atoms with Gasteiger partial charge in [0.15, 0.2) is 0 Å². The number of fused-ring (bicyclic) bond motifs is 1. The van der Waals surface area contributed by atoms with Gasteiger partial charge in [-0.3, -0.25) is 15.0 Å². The van der Waals surface area contributed by atoms with Crippen LogP contribution in [0.1, 0.15) is 47.6 Å². The third-order valence-corrected chi connectivity index (χ3v) is 5.71. The number of rotatable bonds is 5. The topological polar surface area (TPSA) is 97.9 Å². The zero-order valence-corrected chi connectivity index (χ0v) is 15.3. The standard InChI is InChI=1S/C19H27N5O2/c1-12-8-14(21-20-12)9-13-10-24(11-18(13)25)19(26)7-6-17-15-4-2-3-5-16(15)22-23-17/h8,13,18,25H,2-7,9-11H2,1H3,(H,20,21)(H,22,23)/t13-,18+/m1/s1. The van der Waals surface area contributed by atoms with Gasteiger partial charge in [0, 0.05) is 43.2 Å². The van der Waals surface area contributed by atoms with Crippen molar-refractivity contribution in [3.63, 3.8) is 0 Å². The summed E-state index contributed by atoms with van der Waals surface area (Å²) in [6.45, 7) is 2.99. The molecule has 1 saturated heterocycles. The number of carbonyl (C=O) groups excluding carboxylic acids is 1. The van der Waals surface area contributed by atoms with Crippen LogP contribution in [0.25, 0.3) is 0 Å². The lowest BCUT2D eigenvalue weighted by atomic mass is 9.94. The van der Waals surface area contributed by atoms with Gasteiger partial charge in [-0.15, -0.1) is 0 Å². The van der Waals surface area contributed by atoms with E-state index >= 15 is 0 Å². The zero-order valence-electron chi connectivity index (χ0n) is 15.3. The van der Waals surface area contributed by atoms with Crippen LogP contribution in [0, 0.1) is 12.8 Å². The minimum absolute atomic E-state index is 0.0554. The minimum Gasteiger partial charge on any atom is -0.391 e. The fourth-order valence-electron chi connectivity index (χ4n) is 4.25. The first-order chi connectivity index (χ1) is 12.6. The van der Waals surface area contributed by atoms with Gasteiger partial charge < -0.3 is 10.0 Å². The Morgan fingerprint density at radius 3 is 2.92 bits per heavy atom. The Labute approximate surface area is 153 Å². The van der Waals surface area contributed by atoms with Crippen LogP contribution in [0.5, 0.6) is 0 Å². The van der Waals surface area contributed by atoms with Crippen LogP contribution in [-0.2, 0) is 30.5 Å². The molecule has 2 aromatic heterocycles.